The van der Waals surface area contributed by atoms with E-state index in [9.17, 15) is 8.42 Å². The molecule has 0 amide bonds. The minimum atomic E-state index is -3.59. The summed E-state index contributed by atoms with van der Waals surface area (Å²) in [5.74, 6) is 0. The fourth-order valence-corrected chi connectivity index (χ4v) is 3.85. The normalized spacial score (nSPS) is 11.4. The lowest BCUT2D eigenvalue weighted by Crippen LogP contribution is -2.12. The van der Waals surface area contributed by atoms with Crippen LogP contribution in [0.4, 0.5) is 0 Å². The molecular formula is C17H19ClN2O2S. The Balaban J connectivity index is 0.00000192. The molecule has 0 saturated carbocycles. The van der Waals surface area contributed by atoms with Crippen molar-refractivity contribution in [2.45, 2.75) is 18.2 Å². The summed E-state index contributed by atoms with van der Waals surface area (Å²) in [4.78, 5) is 0.292. The maximum Gasteiger partial charge on any atom is 0.268 e. The maximum absolute atomic E-state index is 12.8. The van der Waals surface area contributed by atoms with Crippen LogP contribution in [-0.4, -0.2) is 18.9 Å². The summed E-state index contributed by atoms with van der Waals surface area (Å²) in [6.45, 7) is 2.47. The van der Waals surface area contributed by atoms with Crippen molar-refractivity contribution in [2.75, 3.05) is 6.54 Å². The van der Waals surface area contributed by atoms with Crippen LogP contribution in [0.15, 0.2) is 59.6 Å². The Morgan fingerprint density at radius 1 is 1.04 bits per heavy atom. The van der Waals surface area contributed by atoms with Gasteiger partial charge in [0.1, 0.15) is 0 Å². The molecular weight excluding hydrogens is 332 g/mol. The van der Waals surface area contributed by atoms with E-state index in [1.54, 1.807) is 30.5 Å². The molecule has 0 unspecified atom stereocenters. The molecule has 0 aliphatic heterocycles. The van der Waals surface area contributed by atoms with Crippen molar-refractivity contribution >= 4 is 33.3 Å². The molecule has 0 radical (unpaired) electrons. The van der Waals surface area contributed by atoms with E-state index in [2.05, 4.69) is 0 Å². The van der Waals surface area contributed by atoms with Gasteiger partial charge in [-0.15, -0.1) is 12.4 Å². The molecule has 23 heavy (non-hydrogen) atoms. The van der Waals surface area contributed by atoms with Gasteiger partial charge < -0.3 is 5.73 Å². The molecule has 0 aliphatic carbocycles. The lowest BCUT2D eigenvalue weighted by molar-refractivity contribution is 0.589. The molecule has 0 spiro atoms. The summed E-state index contributed by atoms with van der Waals surface area (Å²) in [6.07, 6.45) is 2.33. The second-order valence-electron chi connectivity index (χ2n) is 5.36. The van der Waals surface area contributed by atoms with E-state index in [1.165, 1.54) is 3.97 Å². The van der Waals surface area contributed by atoms with Crippen molar-refractivity contribution in [1.29, 1.82) is 0 Å². The molecule has 122 valence electrons. The summed E-state index contributed by atoms with van der Waals surface area (Å²) in [7, 11) is -3.59. The molecule has 0 atom stereocenters. The average molecular weight is 351 g/mol. The van der Waals surface area contributed by atoms with Crippen molar-refractivity contribution in [2.24, 2.45) is 5.73 Å². The molecule has 2 N–H and O–H groups in total. The number of benzene rings is 2. The Labute approximate surface area is 142 Å². The third-order valence-corrected chi connectivity index (χ3v) is 5.44. The third kappa shape index (κ3) is 3.27. The highest BCUT2D eigenvalue weighted by Crippen LogP contribution is 2.23. The van der Waals surface area contributed by atoms with Crippen molar-refractivity contribution in [3.05, 3.63) is 65.9 Å². The number of nitrogens with zero attached hydrogens (tertiary/aromatic N) is 1. The first kappa shape index (κ1) is 17.5. The fourth-order valence-electron chi connectivity index (χ4n) is 2.50. The van der Waals surface area contributed by atoms with Crippen LogP contribution in [0.1, 0.15) is 11.1 Å². The molecule has 1 heterocycles. The molecule has 2 aromatic carbocycles. The summed E-state index contributed by atoms with van der Waals surface area (Å²) in [5.41, 5.74) is 8.34. The van der Waals surface area contributed by atoms with Gasteiger partial charge in [-0.2, -0.15) is 0 Å². The standard InChI is InChI=1S/C17H18N2O2S.ClH/c1-13-2-6-16(7-3-13)22(20,21)19-11-9-15-5-4-14(8-10-18)12-17(15)19;/h2-7,9,11-12H,8,10,18H2,1H3;1H. The Bertz CT molecular complexity index is 915. The summed E-state index contributed by atoms with van der Waals surface area (Å²) in [6, 6.07) is 14.5. The van der Waals surface area contributed by atoms with Crippen LogP contribution in [0.25, 0.3) is 10.9 Å². The lowest BCUT2D eigenvalue weighted by atomic mass is 10.1. The van der Waals surface area contributed by atoms with E-state index in [0.717, 1.165) is 22.9 Å². The van der Waals surface area contributed by atoms with E-state index in [4.69, 9.17) is 5.73 Å². The van der Waals surface area contributed by atoms with Crippen LogP contribution in [0.2, 0.25) is 0 Å². The average Bonchev–Trinajstić information content (AvgIpc) is 2.92. The quantitative estimate of drug-likeness (QED) is 0.786. The summed E-state index contributed by atoms with van der Waals surface area (Å²) >= 11 is 0. The molecule has 1 aromatic heterocycles. The van der Waals surface area contributed by atoms with Gasteiger partial charge >= 0.3 is 0 Å². The van der Waals surface area contributed by atoms with Crippen molar-refractivity contribution < 1.29 is 8.42 Å². The van der Waals surface area contributed by atoms with Gasteiger partial charge in [0.25, 0.3) is 10.0 Å². The second kappa shape index (κ2) is 6.74. The van der Waals surface area contributed by atoms with Crippen LogP contribution < -0.4 is 5.73 Å². The zero-order valence-corrected chi connectivity index (χ0v) is 14.4. The van der Waals surface area contributed by atoms with Gasteiger partial charge in [-0.3, -0.25) is 0 Å². The van der Waals surface area contributed by atoms with E-state index < -0.39 is 10.0 Å². The number of hydrogen-bond donors (Lipinski definition) is 1. The van der Waals surface area contributed by atoms with Crippen LogP contribution >= 0.6 is 12.4 Å². The number of rotatable bonds is 4. The Hall–Kier alpha value is -1.82. The molecule has 4 nitrogen and oxygen atoms in total. The lowest BCUT2D eigenvalue weighted by Gasteiger charge is -2.09. The van der Waals surface area contributed by atoms with Gasteiger partial charge in [0.15, 0.2) is 0 Å². The van der Waals surface area contributed by atoms with E-state index in [0.29, 0.717) is 17.0 Å². The van der Waals surface area contributed by atoms with Gasteiger partial charge in [0.2, 0.25) is 0 Å². The molecule has 6 heteroatoms. The molecule has 3 rings (SSSR count). The molecule has 0 bridgehead atoms. The monoisotopic (exact) mass is 350 g/mol. The number of halogens is 1. The SMILES string of the molecule is Cc1ccc(S(=O)(=O)n2ccc3ccc(CCN)cc32)cc1.Cl. The summed E-state index contributed by atoms with van der Waals surface area (Å²) in [5, 5.41) is 0.899. The first-order chi connectivity index (χ1) is 10.5. The highest BCUT2D eigenvalue weighted by Gasteiger charge is 2.18. The topological polar surface area (TPSA) is 65.1 Å². The van der Waals surface area contributed by atoms with E-state index in [1.807, 2.05) is 31.2 Å². The minimum absolute atomic E-state index is 0. The predicted molar refractivity (Wildman–Crippen MR) is 95.7 cm³/mol. The highest BCUT2D eigenvalue weighted by atomic mass is 35.5. The zero-order valence-electron chi connectivity index (χ0n) is 12.8. The van der Waals surface area contributed by atoms with Gasteiger partial charge in [-0.05, 0) is 49.7 Å². The van der Waals surface area contributed by atoms with Crippen LogP contribution in [0.5, 0.6) is 0 Å². The van der Waals surface area contributed by atoms with Crippen molar-refractivity contribution in [1.82, 2.24) is 3.97 Å². The molecule has 0 saturated heterocycles. The van der Waals surface area contributed by atoms with Crippen LogP contribution in [0, 0.1) is 6.92 Å². The molecule has 0 fully saturated rings. The maximum atomic E-state index is 12.8. The van der Waals surface area contributed by atoms with Gasteiger partial charge in [0, 0.05) is 11.6 Å². The first-order valence-electron chi connectivity index (χ1n) is 7.15. The first-order valence-corrected chi connectivity index (χ1v) is 8.59. The Morgan fingerprint density at radius 2 is 1.74 bits per heavy atom. The van der Waals surface area contributed by atoms with Crippen LogP contribution in [-0.2, 0) is 16.4 Å². The fraction of sp³-hybridized carbons (Fsp3) is 0.176. The van der Waals surface area contributed by atoms with E-state index >= 15 is 0 Å². The largest absolute Gasteiger partial charge is 0.330 e. The minimum Gasteiger partial charge on any atom is -0.330 e. The molecule has 3 aromatic rings. The van der Waals surface area contributed by atoms with Crippen molar-refractivity contribution in [3.8, 4) is 0 Å². The van der Waals surface area contributed by atoms with Crippen molar-refractivity contribution in [3.63, 3.8) is 0 Å². The smallest absolute Gasteiger partial charge is 0.268 e. The third-order valence-electron chi connectivity index (χ3n) is 3.73. The van der Waals surface area contributed by atoms with Gasteiger partial charge in [-0.25, -0.2) is 12.4 Å². The molecule has 0 aliphatic rings. The Morgan fingerprint density at radius 3 is 2.39 bits per heavy atom. The van der Waals surface area contributed by atoms with Crippen LogP contribution in [0.3, 0.4) is 0 Å². The van der Waals surface area contributed by atoms with E-state index in [-0.39, 0.29) is 12.4 Å². The number of hydrogen-bond acceptors (Lipinski definition) is 3. The number of fused-ring (bicyclic) bond motifs is 1. The Kier molecular flexibility index (Phi) is 5.14. The highest BCUT2D eigenvalue weighted by molar-refractivity contribution is 7.90. The van der Waals surface area contributed by atoms with Gasteiger partial charge in [-0.1, -0.05) is 29.8 Å². The van der Waals surface area contributed by atoms with Gasteiger partial charge in [0.05, 0.1) is 10.4 Å². The second-order valence-corrected chi connectivity index (χ2v) is 7.18. The predicted octanol–water partition coefficient (Wildman–Crippen LogP) is 3.11. The number of aryl methyl sites for hydroxylation is 1. The summed E-state index contributed by atoms with van der Waals surface area (Å²) < 4.78 is 27.0. The number of nitrogens with two attached hydrogens (primary N) is 1. The zero-order chi connectivity index (χ0) is 15.7. The number of aromatic nitrogens is 1.